The van der Waals surface area contributed by atoms with Gasteiger partial charge >= 0.3 is 12.0 Å². The molecular formula is C16H22N4O4. The summed E-state index contributed by atoms with van der Waals surface area (Å²) < 4.78 is 5.52. The van der Waals surface area contributed by atoms with Gasteiger partial charge in [0, 0.05) is 24.6 Å². The van der Waals surface area contributed by atoms with Gasteiger partial charge in [-0.1, -0.05) is 0 Å². The second-order valence-electron chi connectivity index (χ2n) is 5.82. The lowest BCUT2D eigenvalue weighted by Gasteiger charge is -2.25. The van der Waals surface area contributed by atoms with Gasteiger partial charge in [0.25, 0.3) is 0 Å². The Morgan fingerprint density at radius 2 is 2.21 bits per heavy atom. The van der Waals surface area contributed by atoms with Crippen molar-refractivity contribution in [3.8, 4) is 11.8 Å². The second kappa shape index (κ2) is 9.35. The van der Waals surface area contributed by atoms with E-state index in [4.69, 9.17) is 15.1 Å². The molecule has 0 atom stereocenters. The first kappa shape index (κ1) is 19.2. The van der Waals surface area contributed by atoms with Crippen LogP contribution >= 0.6 is 0 Å². The number of carbonyl (C=O) groups excluding carboxylic acids is 1. The molecule has 0 bridgehead atoms. The molecule has 0 spiro atoms. The Bertz CT molecular complexity index is 610. The van der Waals surface area contributed by atoms with Gasteiger partial charge in [0.1, 0.15) is 0 Å². The van der Waals surface area contributed by atoms with Gasteiger partial charge in [0.2, 0.25) is 0 Å². The van der Waals surface area contributed by atoms with Crippen molar-refractivity contribution < 1.29 is 19.4 Å². The normalized spacial score (nSPS) is 10.5. The summed E-state index contributed by atoms with van der Waals surface area (Å²) in [7, 11) is 0. The van der Waals surface area contributed by atoms with Crippen LogP contribution in [0.2, 0.25) is 0 Å². The van der Waals surface area contributed by atoms with E-state index in [1.807, 2.05) is 6.07 Å². The van der Waals surface area contributed by atoms with Crippen LogP contribution in [0.4, 0.5) is 10.6 Å². The largest absolute Gasteiger partial charge is 0.490 e. The number of ether oxygens (including phenoxy) is 1. The van der Waals surface area contributed by atoms with Crippen LogP contribution < -0.4 is 15.4 Å². The van der Waals surface area contributed by atoms with Crippen molar-refractivity contribution in [2.75, 3.05) is 11.9 Å². The van der Waals surface area contributed by atoms with E-state index in [0.717, 1.165) is 0 Å². The molecule has 0 radical (unpaired) electrons. The number of nitriles is 1. The molecule has 8 nitrogen and oxygen atoms in total. The minimum absolute atomic E-state index is 0.0376. The zero-order valence-corrected chi connectivity index (χ0v) is 13.8. The molecular weight excluding hydrogens is 312 g/mol. The van der Waals surface area contributed by atoms with Crippen molar-refractivity contribution in [1.29, 1.82) is 5.26 Å². The molecule has 0 unspecified atom stereocenters. The Kier molecular flexibility index (Phi) is 7.49. The number of aliphatic carboxylic acids is 1. The lowest BCUT2D eigenvalue weighted by molar-refractivity contribution is -0.137. The first-order chi connectivity index (χ1) is 11.3. The third kappa shape index (κ3) is 7.45. The van der Waals surface area contributed by atoms with Crippen LogP contribution in [0.5, 0.6) is 5.75 Å². The number of anilines is 1. The van der Waals surface area contributed by atoms with E-state index in [-0.39, 0.29) is 12.2 Å². The molecule has 0 saturated carbocycles. The number of nitrogens with zero attached hydrogens (tertiary/aromatic N) is 2. The topological polar surface area (TPSA) is 124 Å². The number of aromatic nitrogens is 1. The van der Waals surface area contributed by atoms with Gasteiger partial charge in [-0.25, -0.2) is 9.78 Å². The van der Waals surface area contributed by atoms with Crippen molar-refractivity contribution in [2.24, 2.45) is 0 Å². The van der Waals surface area contributed by atoms with E-state index in [1.54, 1.807) is 26.0 Å². The summed E-state index contributed by atoms with van der Waals surface area (Å²) in [4.78, 5) is 26.8. The highest BCUT2D eigenvalue weighted by Gasteiger charge is 2.22. The molecule has 0 fully saturated rings. The molecule has 0 aromatic carbocycles. The van der Waals surface area contributed by atoms with Crippen LogP contribution in [0.15, 0.2) is 18.3 Å². The molecule has 3 N–H and O–H groups in total. The van der Waals surface area contributed by atoms with Crippen LogP contribution in [0.25, 0.3) is 0 Å². The number of hydrogen-bond donors (Lipinski definition) is 3. The molecule has 24 heavy (non-hydrogen) atoms. The minimum atomic E-state index is -0.914. The Morgan fingerprint density at radius 3 is 2.88 bits per heavy atom. The first-order valence-corrected chi connectivity index (χ1v) is 7.60. The van der Waals surface area contributed by atoms with Gasteiger partial charge in [-0.05, 0) is 38.8 Å². The summed E-state index contributed by atoms with van der Waals surface area (Å²) in [5.74, 6) is -0.238. The van der Waals surface area contributed by atoms with E-state index in [2.05, 4.69) is 15.6 Å². The molecule has 0 aliphatic carbocycles. The number of carboxylic acids is 1. The van der Waals surface area contributed by atoms with Gasteiger partial charge in [-0.3, -0.25) is 10.1 Å². The van der Waals surface area contributed by atoms with Crippen LogP contribution in [-0.2, 0) is 4.79 Å². The number of carboxylic acid groups (broad SMARTS) is 1. The SMILES string of the molecule is CC(C)(CCC(=O)O)NC(=O)Nc1ncccc1OCCCC#N. The number of unbranched alkanes of at least 4 members (excludes halogenated alkanes) is 1. The number of rotatable bonds is 9. The maximum absolute atomic E-state index is 12.1. The Labute approximate surface area is 140 Å². The lowest BCUT2D eigenvalue weighted by atomic mass is 9.99. The number of urea groups is 1. The fourth-order valence-electron chi connectivity index (χ4n) is 1.86. The maximum atomic E-state index is 12.1. The Morgan fingerprint density at radius 1 is 1.46 bits per heavy atom. The van der Waals surface area contributed by atoms with Gasteiger partial charge in [0.15, 0.2) is 11.6 Å². The summed E-state index contributed by atoms with van der Waals surface area (Å²) in [6.45, 7) is 3.83. The van der Waals surface area contributed by atoms with E-state index < -0.39 is 17.5 Å². The summed E-state index contributed by atoms with van der Waals surface area (Å²) in [5, 5.41) is 22.5. The lowest BCUT2D eigenvalue weighted by Crippen LogP contribution is -2.45. The van der Waals surface area contributed by atoms with E-state index in [1.165, 1.54) is 6.20 Å². The highest BCUT2D eigenvalue weighted by molar-refractivity contribution is 5.90. The monoisotopic (exact) mass is 334 g/mol. The number of pyridine rings is 1. The zero-order valence-electron chi connectivity index (χ0n) is 13.8. The van der Waals surface area contributed by atoms with E-state index in [9.17, 15) is 9.59 Å². The van der Waals surface area contributed by atoms with Crippen LogP contribution in [0.3, 0.4) is 0 Å². The van der Waals surface area contributed by atoms with Crippen molar-refractivity contribution in [1.82, 2.24) is 10.3 Å². The molecule has 1 aromatic heterocycles. The fraction of sp³-hybridized carbons (Fsp3) is 0.500. The first-order valence-electron chi connectivity index (χ1n) is 7.60. The van der Waals surface area contributed by atoms with Gasteiger partial charge < -0.3 is 15.2 Å². The molecule has 1 heterocycles. The molecule has 2 amide bonds. The average molecular weight is 334 g/mol. The summed E-state index contributed by atoms with van der Waals surface area (Å²) in [5.41, 5.74) is -0.676. The highest BCUT2D eigenvalue weighted by atomic mass is 16.5. The van der Waals surface area contributed by atoms with Crippen LogP contribution in [-0.4, -0.2) is 34.2 Å². The minimum Gasteiger partial charge on any atom is -0.490 e. The summed E-state index contributed by atoms with van der Waals surface area (Å²) in [6.07, 6.45) is 2.76. The predicted octanol–water partition coefficient (Wildman–Crippen LogP) is 2.53. The highest BCUT2D eigenvalue weighted by Crippen LogP contribution is 2.21. The third-order valence-electron chi connectivity index (χ3n) is 3.11. The molecule has 1 rings (SSSR count). The van der Waals surface area contributed by atoms with Crippen molar-refractivity contribution in [3.63, 3.8) is 0 Å². The number of nitrogens with one attached hydrogen (secondary N) is 2. The van der Waals surface area contributed by atoms with Crippen molar-refractivity contribution in [2.45, 2.75) is 45.1 Å². The maximum Gasteiger partial charge on any atom is 0.320 e. The summed E-state index contributed by atoms with van der Waals surface area (Å²) in [6, 6.07) is 4.89. The smallest absolute Gasteiger partial charge is 0.320 e. The third-order valence-corrected chi connectivity index (χ3v) is 3.11. The van der Waals surface area contributed by atoms with Gasteiger partial charge in [-0.15, -0.1) is 0 Å². The zero-order chi connectivity index (χ0) is 18.0. The molecule has 0 aliphatic rings. The van der Waals surface area contributed by atoms with E-state index in [0.29, 0.717) is 31.6 Å². The van der Waals surface area contributed by atoms with Gasteiger partial charge in [0.05, 0.1) is 12.7 Å². The number of carbonyl (C=O) groups is 2. The number of hydrogen-bond acceptors (Lipinski definition) is 5. The molecule has 1 aromatic rings. The molecule has 130 valence electrons. The fourth-order valence-corrected chi connectivity index (χ4v) is 1.86. The Hall–Kier alpha value is -2.82. The standard InChI is InChI=1S/C16H22N4O4/c1-16(2,8-7-13(21)22)20-15(23)19-14-12(6-5-10-18-14)24-11-4-3-9-17/h5-6,10H,3-4,7-8,11H2,1-2H3,(H,21,22)(H2,18,19,20,23). The predicted molar refractivity (Wildman–Crippen MR) is 87.7 cm³/mol. The van der Waals surface area contributed by atoms with Crippen molar-refractivity contribution >= 4 is 17.8 Å². The van der Waals surface area contributed by atoms with Crippen LogP contribution in [0, 0.1) is 11.3 Å². The van der Waals surface area contributed by atoms with Crippen LogP contribution in [0.1, 0.15) is 39.5 Å². The quantitative estimate of drug-likeness (QED) is 0.596. The second-order valence-corrected chi connectivity index (χ2v) is 5.82. The number of amides is 2. The molecule has 0 aliphatic heterocycles. The Balaban J connectivity index is 2.60. The van der Waals surface area contributed by atoms with Crippen molar-refractivity contribution in [3.05, 3.63) is 18.3 Å². The summed E-state index contributed by atoms with van der Waals surface area (Å²) >= 11 is 0. The molecule has 8 heteroatoms. The van der Waals surface area contributed by atoms with Gasteiger partial charge in [-0.2, -0.15) is 5.26 Å². The average Bonchev–Trinajstić information content (AvgIpc) is 2.50. The molecule has 0 saturated heterocycles. The van der Waals surface area contributed by atoms with E-state index >= 15 is 0 Å².